The summed E-state index contributed by atoms with van der Waals surface area (Å²) in [7, 11) is 0. The molecule has 2 aromatic rings. The molecule has 0 saturated carbocycles. The van der Waals surface area contributed by atoms with Gasteiger partial charge >= 0.3 is 0 Å². The molecular formula is C17H16FNOS. The molecule has 0 spiro atoms. The van der Waals surface area contributed by atoms with Gasteiger partial charge in [-0.1, -0.05) is 29.4 Å². The Morgan fingerprint density at radius 1 is 1.10 bits per heavy atom. The van der Waals surface area contributed by atoms with Crippen LogP contribution >= 0.6 is 11.8 Å². The summed E-state index contributed by atoms with van der Waals surface area (Å²) >= 11 is 1.68. The standard InChI is InChI=1S/C17H16FNOS/c1-12(19-20)17(14-5-7-15(18)8-6-14)11-13-3-9-16(21-2)10-4-13/h3-11,20H,1-2H3/b17-11-,19-12-. The van der Waals surface area contributed by atoms with Crippen LogP contribution < -0.4 is 0 Å². The molecule has 0 unspecified atom stereocenters. The second-order valence-electron chi connectivity index (χ2n) is 4.52. The third-order valence-electron chi connectivity index (χ3n) is 3.12. The molecule has 0 heterocycles. The Labute approximate surface area is 128 Å². The summed E-state index contributed by atoms with van der Waals surface area (Å²) in [5.41, 5.74) is 3.04. The predicted octanol–water partition coefficient (Wildman–Crippen LogP) is 4.94. The molecule has 0 bridgehead atoms. The molecule has 0 atom stereocenters. The number of oxime groups is 1. The molecule has 0 saturated heterocycles. The van der Waals surface area contributed by atoms with Crippen molar-refractivity contribution in [3.05, 3.63) is 65.5 Å². The highest BCUT2D eigenvalue weighted by Crippen LogP contribution is 2.22. The molecule has 21 heavy (non-hydrogen) atoms. The van der Waals surface area contributed by atoms with Crippen molar-refractivity contribution in [1.29, 1.82) is 0 Å². The molecule has 2 rings (SSSR count). The fourth-order valence-corrected chi connectivity index (χ4v) is 2.36. The van der Waals surface area contributed by atoms with Crippen molar-refractivity contribution in [3.63, 3.8) is 0 Å². The van der Waals surface area contributed by atoms with Gasteiger partial charge in [0.15, 0.2) is 0 Å². The molecule has 0 radical (unpaired) electrons. The van der Waals surface area contributed by atoms with E-state index in [0.717, 1.165) is 16.7 Å². The molecular weight excluding hydrogens is 285 g/mol. The lowest BCUT2D eigenvalue weighted by atomic mass is 9.99. The van der Waals surface area contributed by atoms with Crippen molar-refractivity contribution in [2.75, 3.05) is 6.26 Å². The smallest absolute Gasteiger partial charge is 0.123 e. The van der Waals surface area contributed by atoms with E-state index in [1.807, 2.05) is 36.6 Å². The van der Waals surface area contributed by atoms with Crippen LogP contribution in [0.5, 0.6) is 0 Å². The van der Waals surface area contributed by atoms with Crippen LogP contribution in [0.3, 0.4) is 0 Å². The van der Waals surface area contributed by atoms with Crippen molar-refractivity contribution >= 4 is 29.1 Å². The SMILES string of the molecule is CSc1ccc(/C=C(/C(C)=N\O)c2ccc(F)cc2)cc1. The molecule has 2 aromatic carbocycles. The van der Waals surface area contributed by atoms with Crippen LogP contribution in [0, 0.1) is 5.82 Å². The molecule has 0 aliphatic carbocycles. The number of hydrogen-bond acceptors (Lipinski definition) is 3. The van der Waals surface area contributed by atoms with Crippen molar-refractivity contribution < 1.29 is 9.60 Å². The van der Waals surface area contributed by atoms with E-state index in [4.69, 9.17) is 5.21 Å². The predicted molar refractivity (Wildman–Crippen MR) is 87.4 cm³/mol. The highest BCUT2D eigenvalue weighted by atomic mass is 32.2. The van der Waals surface area contributed by atoms with E-state index in [1.54, 1.807) is 30.8 Å². The molecule has 0 aliphatic rings. The number of benzene rings is 2. The first-order valence-electron chi connectivity index (χ1n) is 6.45. The van der Waals surface area contributed by atoms with Crippen molar-refractivity contribution in [2.24, 2.45) is 5.16 Å². The minimum Gasteiger partial charge on any atom is -0.411 e. The summed E-state index contributed by atoms with van der Waals surface area (Å²) in [6.07, 6.45) is 3.95. The fraction of sp³-hybridized carbons (Fsp3) is 0.118. The summed E-state index contributed by atoms with van der Waals surface area (Å²) in [5.74, 6) is -0.291. The minimum atomic E-state index is -0.291. The maximum atomic E-state index is 13.0. The van der Waals surface area contributed by atoms with Gasteiger partial charge in [0.1, 0.15) is 5.82 Å². The maximum Gasteiger partial charge on any atom is 0.123 e. The summed E-state index contributed by atoms with van der Waals surface area (Å²) < 4.78 is 13.0. The summed E-state index contributed by atoms with van der Waals surface area (Å²) in [4.78, 5) is 1.18. The first-order chi connectivity index (χ1) is 10.1. The van der Waals surface area contributed by atoms with Crippen LogP contribution in [0.25, 0.3) is 11.6 Å². The number of rotatable bonds is 4. The molecule has 0 fully saturated rings. The lowest BCUT2D eigenvalue weighted by Gasteiger charge is -2.07. The average Bonchev–Trinajstić information content (AvgIpc) is 2.53. The normalized spacial score (nSPS) is 12.5. The lowest BCUT2D eigenvalue weighted by molar-refractivity contribution is 0.319. The molecule has 2 nitrogen and oxygen atoms in total. The van der Waals surface area contributed by atoms with Crippen LogP contribution in [0.2, 0.25) is 0 Å². The van der Waals surface area contributed by atoms with Gasteiger partial charge in [-0.2, -0.15) is 0 Å². The van der Waals surface area contributed by atoms with E-state index in [9.17, 15) is 4.39 Å². The number of allylic oxidation sites excluding steroid dienone is 1. The lowest BCUT2D eigenvalue weighted by Crippen LogP contribution is -1.97. The summed E-state index contributed by atoms with van der Waals surface area (Å²) in [6, 6.07) is 14.2. The Morgan fingerprint density at radius 2 is 1.71 bits per heavy atom. The largest absolute Gasteiger partial charge is 0.411 e. The number of thioether (sulfide) groups is 1. The van der Waals surface area contributed by atoms with Crippen LogP contribution in [-0.2, 0) is 0 Å². The molecule has 0 amide bonds. The zero-order chi connectivity index (χ0) is 15.2. The van der Waals surface area contributed by atoms with Crippen LogP contribution in [0.1, 0.15) is 18.1 Å². The van der Waals surface area contributed by atoms with Gasteiger partial charge in [-0.05, 0) is 54.6 Å². The Morgan fingerprint density at radius 3 is 2.24 bits per heavy atom. The van der Waals surface area contributed by atoms with E-state index in [0.29, 0.717) is 5.71 Å². The van der Waals surface area contributed by atoms with Gasteiger partial charge in [0.2, 0.25) is 0 Å². The van der Waals surface area contributed by atoms with Crippen LogP contribution in [-0.4, -0.2) is 17.2 Å². The maximum absolute atomic E-state index is 13.0. The first-order valence-corrected chi connectivity index (χ1v) is 7.67. The summed E-state index contributed by atoms with van der Waals surface area (Å²) in [6.45, 7) is 1.71. The molecule has 1 N–H and O–H groups in total. The zero-order valence-corrected chi connectivity index (χ0v) is 12.7. The second-order valence-corrected chi connectivity index (χ2v) is 5.40. The number of nitrogens with zero attached hydrogens (tertiary/aromatic N) is 1. The molecule has 0 aliphatic heterocycles. The van der Waals surface area contributed by atoms with Crippen molar-refractivity contribution in [1.82, 2.24) is 0 Å². The third-order valence-corrected chi connectivity index (χ3v) is 3.87. The van der Waals surface area contributed by atoms with E-state index >= 15 is 0 Å². The van der Waals surface area contributed by atoms with Crippen LogP contribution in [0.4, 0.5) is 4.39 Å². The van der Waals surface area contributed by atoms with E-state index < -0.39 is 0 Å². The zero-order valence-electron chi connectivity index (χ0n) is 11.9. The first kappa shape index (κ1) is 15.3. The second kappa shape index (κ2) is 7.09. The summed E-state index contributed by atoms with van der Waals surface area (Å²) in [5, 5.41) is 12.3. The average molecular weight is 301 g/mol. The topological polar surface area (TPSA) is 32.6 Å². The van der Waals surface area contributed by atoms with Gasteiger partial charge in [-0.25, -0.2) is 4.39 Å². The van der Waals surface area contributed by atoms with E-state index in [1.165, 1.54) is 17.0 Å². The van der Waals surface area contributed by atoms with Gasteiger partial charge < -0.3 is 5.21 Å². The van der Waals surface area contributed by atoms with Gasteiger partial charge in [-0.3, -0.25) is 0 Å². The van der Waals surface area contributed by atoms with Crippen molar-refractivity contribution in [3.8, 4) is 0 Å². The Balaban J connectivity index is 2.44. The monoisotopic (exact) mass is 301 g/mol. The highest BCUT2D eigenvalue weighted by molar-refractivity contribution is 7.98. The Kier molecular flexibility index (Phi) is 5.17. The Bertz CT molecular complexity index is 660. The molecule has 0 aromatic heterocycles. The molecule has 108 valence electrons. The van der Waals surface area contributed by atoms with Crippen molar-refractivity contribution in [2.45, 2.75) is 11.8 Å². The fourth-order valence-electron chi connectivity index (χ4n) is 1.95. The van der Waals surface area contributed by atoms with E-state index in [-0.39, 0.29) is 5.82 Å². The van der Waals surface area contributed by atoms with E-state index in [2.05, 4.69) is 5.16 Å². The van der Waals surface area contributed by atoms with Gasteiger partial charge in [0.25, 0.3) is 0 Å². The number of halogens is 1. The van der Waals surface area contributed by atoms with Gasteiger partial charge in [0, 0.05) is 10.5 Å². The third kappa shape index (κ3) is 3.95. The molecule has 4 heteroatoms. The quantitative estimate of drug-likeness (QED) is 0.285. The van der Waals surface area contributed by atoms with Gasteiger partial charge in [0.05, 0.1) is 5.71 Å². The van der Waals surface area contributed by atoms with Gasteiger partial charge in [-0.15, -0.1) is 11.8 Å². The number of hydrogen-bond donors (Lipinski definition) is 1. The minimum absolute atomic E-state index is 0.291. The Hall–Kier alpha value is -2.07. The van der Waals surface area contributed by atoms with Crippen LogP contribution in [0.15, 0.2) is 58.6 Å². The highest BCUT2D eigenvalue weighted by Gasteiger charge is 2.07.